The average Bonchev–Trinajstić information content (AvgIpc) is 2.96. The van der Waals surface area contributed by atoms with Crippen LogP contribution in [0.2, 0.25) is 0 Å². The molecule has 0 aromatic carbocycles. The number of fused-ring (bicyclic) bond motifs is 3. The van der Waals surface area contributed by atoms with Crippen molar-refractivity contribution in [2.45, 2.75) is 46.5 Å². The summed E-state index contributed by atoms with van der Waals surface area (Å²) in [6.07, 6.45) is 6.10. The van der Waals surface area contributed by atoms with Crippen molar-refractivity contribution in [3.05, 3.63) is 0 Å². The lowest BCUT2D eigenvalue weighted by atomic mass is 9.93. The number of hydrogen-bond acceptors (Lipinski definition) is 0. The van der Waals surface area contributed by atoms with Gasteiger partial charge in [-0.3, -0.25) is 0 Å². The van der Waals surface area contributed by atoms with Gasteiger partial charge in [0.15, 0.2) is 0 Å². The molecule has 0 aromatic heterocycles. The van der Waals surface area contributed by atoms with Crippen LogP contribution in [0.15, 0.2) is 0 Å². The molecule has 0 nitrogen and oxygen atoms in total. The Kier molecular flexibility index (Phi) is 1.49. The zero-order chi connectivity index (χ0) is 9.22. The van der Waals surface area contributed by atoms with Gasteiger partial charge < -0.3 is 0 Å². The van der Waals surface area contributed by atoms with Crippen LogP contribution in [-0.2, 0) is 0 Å². The van der Waals surface area contributed by atoms with E-state index in [9.17, 15) is 0 Å². The van der Waals surface area contributed by atoms with Crippen LogP contribution < -0.4 is 0 Å². The van der Waals surface area contributed by atoms with Gasteiger partial charge in [0.1, 0.15) is 0 Å². The summed E-state index contributed by atoms with van der Waals surface area (Å²) in [6, 6.07) is 0. The first-order valence-electron chi connectivity index (χ1n) is 6.17. The van der Waals surface area contributed by atoms with Gasteiger partial charge in [-0.15, -0.1) is 0 Å². The van der Waals surface area contributed by atoms with E-state index < -0.39 is 0 Å². The van der Waals surface area contributed by atoms with Gasteiger partial charge in [-0.1, -0.05) is 27.2 Å². The number of rotatable bonds is 3. The SMILES string of the molecule is CC[C@H](C)CC1C2CC3CC3C21C. The Morgan fingerprint density at radius 3 is 2.54 bits per heavy atom. The molecule has 0 radical (unpaired) electrons. The van der Waals surface area contributed by atoms with Gasteiger partial charge in [0, 0.05) is 0 Å². The second kappa shape index (κ2) is 2.32. The first kappa shape index (κ1) is 8.32. The molecule has 13 heavy (non-hydrogen) atoms. The molecular formula is C13H22. The van der Waals surface area contributed by atoms with Crippen molar-refractivity contribution in [2.24, 2.45) is 35.0 Å². The highest BCUT2D eigenvalue weighted by atomic mass is 14.8. The third kappa shape index (κ3) is 0.926. The minimum Gasteiger partial charge on any atom is -0.0651 e. The predicted octanol–water partition coefficient (Wildman–Crippen LogP) is 3.71. The predicted molar refractivity (Wildman–Crippen MR) is 55.4 cm³/mol. The Balaban J connectivity index is 1.64. The van der Waals surface area contributed by atoms with Gasteiger partial charge in [0.25, 0.3) is 0 Å². The van der Waals surface area contributed by atoms with Crippen LogP contribution in [0.5, 0.6) is 0 Å². The smallest absolute Gasteiger partial charge is 0.0232 e. The first-order chi connectivity index (χ1) is 6.17. The minimum absolute atomic E-state index is 0.841. The highest BCUT2D eigenvalue weighted by Crippen LogP contribution is 2.81. The molecule has 0 heterocycles. The zero-order valence-corrected chi connectivity index (χ0v) is 9.22. The summed E-state index contributed by atoms with van der Waals surface area (Å²) in [5, 5.41) is 0. The third-order valence-corrected chi connectivity index (χ3v) is 5.61. The molecule has 3 fully saturated rings. The molecule has 3 aliphatic rings. The standard InChI is InChI=1S/C13H22/c1-4-8(2)5-11-12-7-9-6-10(9)13(11,12)3/h8-12H,4-7H2,1-3H3/t8-,9?,10?,11?,12?,13?/m0/s1. The van der Waals surface area contributed by atoms with E-state index in [1.54, 1.807) is 12.8 Å². The van der Waals surface area contributed by atoms with Crippen molar-refractivity contribution in [3.8, 4) is 0 Å². The van der Waals surface area contributed by atoms with E-state index in [-0.39, 0.29) is 0 Å². The van der Waals surface area contributed by atoms with E-state index in [0.29, 0.717) is 0 Å². The first-order valence-corrected chi connectivity index (χ1v) is 6.17. The van der Waals surface area contributed by atoms with Crippen molar-refractivity contribution < 1.29 is 0 Å². The molecule has 0 heteroatoms. The summed E-state index contributed by atoms with van der Waals surface area (Å²) in [4.78, 5) is 0. The van der Waals surface area contributed by atoms with Crippen molar-refractivity contribution >= 4 is 0 Å². The Bertz CT molecular complexity index is 232. The maximum absolute atomic E-state index is 2.59. The quantitative estimate of drug-likeness (QED) is 0.618. The molecule has 0 spiro atoms. The lowest BCUT2D eigenvalue weighted by molar-refractivity contribution is 0.371. The van der Waals surface area contributed by atoms with E-state index in [2.05, 4.69) is 20.8 Å². The Morgan fingerprint density at radius 1 is 1.31 bits per heavy atom. The Hall–Kier alpha value is 0. The molecule has 0 bridgehead atoms. The molecule has 0 aromatic rings. The third-order valence-electron chi connectivity index (χ3n) is 5.61. The maximum atomic E-state index is 2.59. The van der Waals surface area contributed by atoms with Crippen LogP contribution in [0.4, 0.5) is 0 Å². The van der Waals surface area contributed by atoms with Gasteiger partial charge in [-0.2, -0.15) is 0 Å². The van der Waals surface area contributed by atoms with Crippen LogP contribution in [0.3, 0.4) is 0 Å². The fourth-order valence-electron chi connectivity index (χ4n) is 4.31. The zero-order valence-electron chi connectivity index (χ0n) is 9.22. The molecule has 0 aliphatic heterocycles. The maximum Gasteiger partial charge on any atom is -0.0232 e. The average molecular weight is 178 g/mol. The van der Waals surface area contributed by atoms with E-state index in [1.165, 1.54) is 24.7 Å². The summed E-state index contributed by atoms with van der Waals surface area (Å²) < 4.78 is 0. The molecule has 6 atom stereocenters. The van der Waals surface area contributed by atoms with Crippen LogP contribution in [0.1, 0.15) is 46.5 Å². The van der Waals surface area contributed by atoms with Gasteiger partial charge in [-0.05, 0) is 54.3 Å². The van der Waals surface area contributed by atoms with Crippen LogP contribution >= 0.6 is 0 Å². The second-order valence-corrected chi connectivity index (χ2v) is 6.17. The molecule has 0 saturated heterocycles. The number of hydrogen-bond donors (Lipinski definition) is 0. The molecule has 3 aliphatic carbocycles. The van der Waals surface area contributed by atoms with E-state index in [4.69, 9.17) is 0 Å². The highest BCUT2D eigenvalue weighted by Gasteiger charge is 2.75. The van der Waals surface area contributed by atoms with Crippen molar-refractivity contribution in [2.75, 3.05) is 0 Å². The largest absolute Gasteiger partial charge is 0.0651 e. The lowest BCUT2D eigenvalue weighted by Crippen LogP contribution is -2.04. The van der Waals surface area contributed by atoms with Gasteiger partial charge in [0.2, 0.25) is 0 Å². The summed E-state index contributed by atoms with van der Waals surface area (Å²) in [6.45, 7) is 7.36. The molecular weight excluding hydrogens is 156 g/mol. The fourth-order valence-corrected chi connectivity index (χ4v) is 4.31. The summed E-state index contributed by atoms with van der Waals surface area (Å²) >= 11 is 0. The monoisotopic (exact) mass is 178 g/mol. The van der Waals surface area contributed by atoms with E-state index >= 15 is 0 Å². The molecule has 74 valence electrons. The normalized spacial score (nSPS) is 58.4. The van der Waals surface area contributed by atoms with Crippen molar-refractivity contribution in [3.63, 3.8) is 0 Å². The van der Waals surface area contributed by atoms with Crippen LogP contribution in [0, 0.1) is 35.0 Å². The summed E-state index contributed by atoms with van der Waals surface area (Å²) in [5.74, 6) is 5.62. The minimum atomic E-state index is 0.841. The second-order valence-electron chi connectivity index (χ2n) is 6.17. The van der Waals surface area contributed by atoms with Gasteiger partial charge in [-0.25, -0.2) is 0 Å². The summed E-state index contributed by atoms with van der Waals surface area (Å²) in [7, 11) is 0. The van der Waals surface area contributed by atoms with Crippen molar-refractivity contribution in [1.82, 2.24) is 0 Å². The Labute approximate surface area is 82.1 Å². The topological polar surface area (TPSA) is 0 Å². The highest BCUT2D eigenvalue weighted by molar-refractivity contribution is 5.23. The van der Waals surface area contributed by atoms with E-state index in [0.717, 1.165) is 23.2 Å². The molecule has 3 saturated carbocycles. The van der Waals surface area contributed by atoms with Crippen LogP contribution in [-0.4, -0.2) is 0 Å². The van der Waals surface area contributed by atoms with Gasteiger partial charge >= 0.3 is 0 Å². The fraction of sp³-hybridized carbons (Fsp3) is 1.00. The van der Waals surface area contributed by atoms with Gasteiger partial charge in [0.05, 0.1) is 0 Å². The van der Waals surface area contributed by atoms with Crippen LogP contribution in [0.25, 0.3) is 0 Å². The summed E-state index contributed by atoms with van der Waals surface area (Å²) in [5.41, 5.74) is 0.841. The molecule has 0 N–H and O–H groups in total. The molecule has 3 rings (SSSR count). The van der Waals surface area contributed by atoms with Crippen molar-refractivity contribution in [1.29, 1.82) is 0 Å². The molecule has 0 amide bonds. The van der Waals surface area contributed by atoms with E-state index in [1.807, 2.05) is 0 Å². The lowest BCUT2D eigenvalue weighted by Gasteiger charge is -2.12. The Morgan fingerprint density at radius 2 is 2.00 bits per heavy atom. The molecule has 5 unspecified atom stereocenters.